The van der Waals surface area contributed by atoms with Gasteiger partial charge in [-0.05, 0) is 25.9 Å². The zero-order chi connectivity index (χ0) is 12.7. The van der Waals surface area contributed by atoms with Crippen molar-refractivity contribution in [3.05, 3.63) is 35.9 Å². The maximum absolute atomic E-state index is 11.8. The first-order valence-electron chi connectivity index (χ1n) is 5.51. The highest BCUT2D eigenvalue weighted by molar-refractivity contribution is 5.17. The summed E-state index contributed by atoms with van der Waals surface area (Å²) in [5, 5.41) is 12.0. The largest absolute Gasteiger partial charge is 0.416 e. The van der Waals surface area contributed by atoms with Crippen molar-refractivity contribution in [1.29, 1.82) is 0 Å². The SMILES string of the molecule is FC(F)(F)c1ccccc1.OC1CCNCC1. The maximum Gasteiger partial charge on any atom is 0.416 e. The second-order valence-corrected chi connectivity index (χ2v) is 3.84. The third-order valence-electron chi connectivity index (χ3n) is 2.41. The summed E-state index contributed by atoms with van der Waals surface area (Å²) >= 11 is 0. The fraction of sp³-hybridized carbons (Fsp3) is 0.500. The molecule has 1 aromatic carbocycles. The molecular weight excluding hydrogens is 231 g/mol. The Labute approximate surface area is 98.5 Å². The minimum absolute atomic E-state index is 0.0266. The number of rotatable bonds is 0. The van der Waals surface area contributed by atoms with Crippen LogP contribution in [0.1, 0.15) is 18.4 Å². The molecule has 0 unspecified atom stereocenters. The zero-order valence-electron chi connectivity index (χ0n) is 9.37. The van der Waals surface area contributed by atoms with Gasteiger partial charge in [-0.15, -0.1) is 0 Å². The van der Waals surface area contributed by atoms with Crippen molar-refractivity contribution in [2.24, 2.45) is 0 Å². The lowest BCUT2D eigenvalue weighted by atomic mass is 10.1. The number of hydrogen-bond acceptors (Lipinski definition) is 2. The molecule has 0 amide bonds. The van der Waals surface area contributed by atoms with E-state index in [4.69, 9.17) is 5.11 Å². The summed E-state index contributed by atoms with van der Waals surface area (Å²) in [5.41, 5.74) is -0.602. The van der Waals surface area contributed by atoms with Crippen molar-refractivity contribution < 1.29 is 18.3 Å². The first-order valence-corrected chi connectivity index (χ1v) is 5.51. The van der Waals surface area contributed by atoms with Crippen molar-refractivity contribution in [3.8, 4) is 0 Å². The second kappa shape index (κ2) is 6.61. The van der Waals surface area contributed by atoms with Crippen LogP contribution >= 0.6 is 0 Å². The highest BCUT2D eigenvalue weighted by Crippen LogP contribution is 2.28. The normalized spacial score (nSPS) is 17.2. The zero-order valence-corrected chi connectivity index (χ0v) is 9.37. The van der Waals surface area contributed by atoms with Crippen LogP contribution < -0.4 is 5.32 Å². The van der Waals surface area contributed by atoms with Gasteiger partial charge in [-0.3, -0.25) is 0 Å². The molecule has 0 bridgehead atoms. The lowest BCUT2D eigenvalue weighted by Gasteiger charge is -2.16. The van der Waals surface area contributed by atoms with Crippen molar-refractivity contribution in [2.75, 3.05) is 13.1 Å². The molecule has 2 rings (SSSR count). The number of benzene rings is 1. The van der Waals surface area contributed by atoms with E-state index in [1.54, 1.807) is 6.07 Å². The average molecular weight is 247 g/mol. The summed E-state index contributed by atoms with van der Waals surface area (Å²) < 4.78 is 35.4. The lowest BCUT2D eigenvalue weighted by molar-refractivity contribution is -0.137. The summed E-state index contributed by atoms with van der Waals surface area (Å²) in [5.74, 6) is 0. The predicted molar refractivity (Wildman–Crippen MR) is 59.6 cm³/mol. The number of nitrogens with one attached hydrogen (secondary N) is 1. The average Bonchev–Trinajstić information content (AvgIpc) is 2.31. The van der Waals surface area contributed by atoms with E-state index in [9.17, 15) is 13.2 Å². The number of piperidine rings is 1. The van der Waals surface area contributed by atoms with Crippen LogP contribution in [0, 0.1) is 0 Å². The molecule has 0 radical (unpaired) electrons. The third-order valence-corrected chi connectivity index (χ3v) is 2.41. The van der Waals surface area contributed by atoms with Gasteiger partial charge in [0.2, 0.25) is 0 Å². The molecule has 0 saturated carbocycles. The summed E-state index contributed by atoms with van der Waals surface area (Å²) in [7, 11) is 0. The molecule has 2 nitrogen and oxygen atoms in total. The number of hydrogen-bond donors (Lipinski definition) is 2. The van der Waals surface area contributed by atoms with E-state index in [-0.39, 0.29) is 6.10 Å². The number of alkyl halides is 3. The third kappa shape index (κ3) is 5.70. The quantitative estimate of drug-likeness (QED) is 0.738. The monoisotopic (exact) mass is 247 g/mol. The Kier molecular flexibility index (Phi) is 5.44. The molecule has 1 heterocycles. The fourth-order valence-corrected chi connectivity index (χ4v) is 1.43. The van der Waals surface area contributed by atoms with Crippen molar-refractivity contribution in [3.63, 3.8) is 0 Å². The minimum atomic E-state index is -4.21. The maximum atomic E-state index is 11.8. The first-order chi connectivity index (χ1) is 8.00. The Bertz CT molecular complexity index is 307. The van der Waals surface area contributed by atoms with Crippen LogP contribution in [0.4, 0.5) is 13.2 Å². The molecular formula is C12H16F3NO. The standard InChI is InChI=1S/C7H5F3.C5H11NO/c8-7(9,10)6-4-2-1-3-5-6;7-5-1-3-6-4-2-5/h1-5H;5-7H,1-4H2. The van der Waals surface area contributed by atoms with E-state index in [1.165, 1.54) is 12.1 Å². The molecule has 1 aliphatic heterocycles. The second-order valence-electron chi connectivity index (χ2n) is 3.84. The molecule has 17 heavy (non-hydrogen) atoms. The van der Waals surface area contributed by atoms with Crippen molar-refractivity contribution in [1.82, 2.24) is 5.32 Å². The smallest absolute Gasteiger partial charge is 0.393 e. The highest BCUT2D eigenvalue weighted by atomic mass is 19.4. The van der Waals surface area contributed by atoms with Gasteiger partial charge < -0.3 is 10.4 Å². The van der Waals surface area contributed by atoms with E-state index in [2.05, 4.69) is 5.32 Å². The van der Waals surface area contributed by atoms with Crippen molar-refractivity contribution in [2.45, 2.75) is 25.1 Å². The van der Waals surface area contributed by atoms with E-state index in [1.807, 2.05) is 0 Å². The molecule has 2 N–H and O–H groups in total. The van der Waals surface area contributed by atoms with E-state index >= 15 is 0 Å². The molecule has 0 aromatic heterocycles. The number of halogens is 3. The van der Waals surface area contributed by atoms with Crippen molar-refractivity contribution >= 4 is 0 Å². The number of aliphatic hydroxyl groups excluding tert-OH is 1. The van der Waals surface area contributed by atoms with Crippen LogP contribution in [0.5, 0.6) is 0 Å². The summed E-state index contributed by atoms with van der Waals surface area (Å²) in [6, 6.07) is 6.36. The molecule has 0 atom stereocenters. The van der Waals surface area contributed by atoms with Gasteiger partial charge in [-0.2, -0.15) is 13.2 Å². The molecule has 0 aliphatic carbocycles. The topological polar surface area (TPSA) is 32.3 Å². The summed E-state index contributed by atoms with van der Waals surface area (Å²) in [6.45, 7) is 1.97. The molecule has 1 aliphatic rings. The Morgan fingerprint density at radius 3 is 1.88 bits per heavy atom. The lowest BCUT2D eigenvalue weighted by Crippen LogP contribution is -2.30. The van der Waals surface area contributed by atoms with Gasteiger partial charge in [0.25, 0.3) is 0 Å². The molecule has 5 heteroatoms. The van der Waals surface area contributed by atoms with Crippen LogP contribution in [-0.2, 0) is 6.18 Å². The van der Waals surface area contributed by atoms with E-state index < -0.39 is 11.7 Å². The first kappa shape index (κ1) is 14.0. The van der Waals surface area contributed by atoms with E-state index in [0.29, 0.717) is 0 Å². The Morgan fingerprint density at radius 1 is 1.06 bits per heavy atom. The fourth-order valence-electron chi connectivity index (χ4n) is 1.43. The molecule has 96 valence electrons. The van der Waals surface area contributed by atoms with Crippen LogP contribution in [0.3, 0.4) is 0 Å². The summed E-state index contributed by atoms with van der Waals surface area (Å²) in [6.07, 6.45) is -2.37. The summed E-state index contributed by atoms with van der Waals surface area (Å²) in [4.78, 5) is 0. The van der Waals surface area contributed by atoms with Crippen LogP contribution in [0.2, 0.25) is 0 Å². The molecule has 1 saturated heterocycles. The van der Waals surface area contributed by atoms with Gasteiger partial charge in [0.05, 0.1) is 11.7 Å². The van der Waals surface area contributed by atoms with E-state index in [0.717, 1.165) is 38.1 Å². The minimum Gasteiger partial charge on any atom is -0.393 e. The van der Waals surface area contributed by atoms with Gasteiger partial charge in [-0.1, -0.05) is 30.3 Å². The van der Waals surface area contributed by atoms with Crippen LogP contribution in [-0.4, -0.2) is 24.3 Å². The molecule has 0 spiro atoms. The van der Waals surface area contributed by atoms with Gasteiger partial charge >= 0.3 is 6.18 Å². The Morgan fingerprint density at radius 2 is 1.59 bits per heavy atom. The predicted octanol–water partition coefficient (Wildman–Crippen LogP) is 2.44. The highest BCUT2D eigenvalue weighted by Gasteiger charge is 2.29. The Hall–Kier alpha value is -1.07. The molecule has 1 fully saturated rings. The van der Waals surface area contributed by atoms with Gasteiger partial charge in [0.15, 0.2) is 0 Å². The van der Waals surface area contributed by atoms with Gasteiger partial charge in [-0.25, -0.2) is 0 Å². The van der Waals surface area contributed by atoms with Crippen LogP contribution in [0.15, 0.2) is 30.3 Å². The molecule has 1 aromatic rings. The van der Waals surface area contributed by atoms with Crippen LogP contribution in [0.25, 0.3) is 0 Å². The van der Waals surface area contributed by atoms with Gasteiger partial charge in [0.1, 0.15) is 0 Å². The Balaban J connectivity index is 0.000000181. The number of aliphatic hydroxyl groups is 1. The van der Waals surface area contributed by atoms with Gasteiger partial charge in [0, 0.05) is 0 Å².